The van der Waals surface area contributed by atoms with E-state index in [1.807, 2.05) is 11.8 Å². The van der Waals surface area contributed by atoms with Crippen LogP contribution in [0.3, 0.4) is 0 Å². The van der Waals surface area contributed by atoms with Crippen molar-refractivity contribution in [2.24, 2.45) is 0 Å². The molecule has 1 unspecified atom stereocenters. The molecule has 2 aliphatic heterocycles. The zero-order valence-corrected chi connectivity index (χ0v) is 13.2. The molecular formula is C13H22BrNO2S. The molecule has 2 fully saturated rings. The quantitative estimate of drug-likeness (QED) is 0.740. The molecule has 0 N–H and O–H groups in total. The molecule has 0 aliphatic carbocycles. The van der Waals surface area contributed by atoms with Gasteiger partial charge in [-0.1, -0.05) is 22.4 Å². The summed E-state index contributed by atoms with van der Waals surface area (Å²) in [5.41, 5.74) is 0. The van der Waals surface area contributed by atoms with Crippen molar-refractivity contribution >= 4 is 33.6 Å². The van der Waals surface area contributed by atoms with Crippen molar-refractivity contribution in [3.8, 4) is 0 Å². The first-order chi connectivity index (χ1) is 8.81. The molecule has 1 atom stereocenters. The summed E-state index contributed by atoms with van der Waals surface area (Å²) in [5.74, 6) is 1.53. The Kier molecular flexibility index (Phi) is 6.32. The van der Waals surface area contributed by atoms with E-state index in [-0.39, 0.29) is 5.25 Å². The Morgan fingerprint density at radius 1 is 1.28 bits per heavy atom. The standard InChI is InChI=1S/C13H22BrNO2S/c14-6-9-17-11-4-7-15(8-5-11)13(16)12-3-1-2-10-18-12/h11-12H,1-10H2. The van der Waals surface area contributed by atoms with Gasteiger partial charge < -0.3 is 9.64 Å². The van der Waals surface area contributed by atoms with Crippen molar-refractivity contribution in [2.45, 2.75) is 43.5 Å². The van der Waals surface area contributed by atoms with Crippen molar-refractivity contribution in [3.05, 3.63) is 0 Å². The number of nitrogens with zero attached hydrogens (tertiary/aromatic N) is 1. The molecule has 0 spiro atoms. The number of hydrogen-bond donors (Lipinski definition) is 0. The van der Waals surface area contributed by atoms with Crippen molar-refractivity contribution < 1.29 is 9.53 Å². The highest BCUT2D eigenvalue weighted by molar-refractivity contribution is 9.09. The first-order valence-corrected chi connectivity index (χ1v) is 9.06. The fourth-order valence-corrected chi connectivity index (χ4v) is 4.06. The Balaban J connectivity index is 1.73. The predicted molar refractivity (Wildman–Crippen MR) is 79.4 cm³/mol. The molecule has 18 heavy (non-hydrogen) atoms. The predicted octanol–water partition coefficient (Wildman–Crippen LogP) is 2.67. The molecule has 0 aromatic heterocycles. The molecule has 0 aromatic rings. The molecule has 1 amide bonds. The topological polar surface area (TPSA) is 29.5 Å². The molecule has 2 rings (SSSR count). The van der Waals surface area contributed by atoms with Crippen LogP contribution in [0.15, 0.2) is 0 Å². The van der Waals surface area contributed by atoms with Gasteiger partial charge in [0.15, 0.2) is 0 Å². The summed E-state index contributed by atoms with van der Waals surface area (Å²) >= 11 is 5.22. The smallest absolute Gasteiger partial charge is 0.235 e. The number of hydrogen-bond acceptors (Lipinski definition) is 3. The number of amides is 1. The Hall–Kier alpha value is 0.260. The highest BCUT2D eigenvalue weighted by Crippen LogP contribution is 2.27. The van der Waals surface area contributed by atoms with Crippen LogP contribution in [0.4, 0.5) is 0 Å². The van der Waals surface area contributed by atoms with Crippen LogP contribution in [-0.4, -0.2) is 52.9 Å². The third-order valence-electron chi connectivity index (χ3n) is 3.64. The maximum atomic E-state index is 12.3. The number of carbonyl (C=O) groups is 1. The summed E-state index contributed by atoms with van der Waals surface area (Å²) in [7, 11) is 0. The van der Waals surface area contributed by atoms with Crippen LogP contribution in [-0.2, 0) is 9.53 Å². The molecule has 0 saturated carbocycles. The van der Waals surface area contributed by atoms with Crippen molar-refractivity contribution in [2.75, 3.05) is 30.8 Å². The summed E-state index contributed by atoms with van der Waals surface area (Å²) in [6.45, 7) is 2.53. The second kappa shape index (κ2) is 7.75. The molecule has 2 heterocycles. The molecule has 0 radical (unpaired) electrons. The first kappa shape index (κ1) is 14.7. The number of ether oxygens (including phenoxy) is 1. The average Bonchev–Trinajstić information content (AvgIpc) is 2.46. The Labute approximate surface area is 122 Å². The van der Waals surface area contributed by atoms with E-state index < -0.39 is 0 Å². The average molecular weight is 336 g/mol. The van der Waals surface area contributed by atoms with E-state index >= 15 is 0 Å². The van der Waals surface area contributed by atoms with E-state index in [1.165, 1.54) is 12.8 Å². The molecule has 0 aromatic carbocycles. The van der Waals surface area contributed by atoms with Gasteiger partial charge in [0.2, 0.25) is 5.91 Å². The van der Waals surface area contributed by atoms with E-state index in [1.54, 1.807) is 0 Å². The number of thioether (sulfide) groups is 1. The van der Waals surface area contributed by atoms with Crippen molar-refractivity contribution in [3.63, 3.8) is 0 Å². The molecule has 3 nitrogen and oxygen atoms in total. The Bertz CT molecular complexity index is 264. The van der Waals surface area contributed by atoms with E-state index in [0.29, 0.717) is 12.0 Å². The van der Waals surface area contributed by atoms with Gasteiger partial charge in [-0.25, -0.2) is 0 Å². The van der Waals surface area contributed by atoms with Crippen LogP contribution < -0.4 is 0 Å². The SMILES string of the molecule is O=C(C1CCCCS1)N1CCC(OCCBr)CC1. The number of piperidine rings is 1. The fraction of sp³-hybridized carbons (Fsp3) is 0.923. The molecule has 2 aliphatic rings. The first-order valence-electron chi connectivity index (χ1n) is 6.89. The third kappa shape index (κ3) is 4.14. The lowest BCUT2D eigenvalue weighted by atomic mass is 10.1. The van der Waals surface area contributed by atoms with Crippen molar-refractivity contribution in [1.29, 1.82) is 0 Å². The van der Waals surface area contributed by atoms with Gasteiger partial charge in [-0.05, 0) is 31.4 Å². The van der Waals surface area contributed by atoms with Crippen LogP contribution in [0.2, 0.25) is 0 Å². The number of alkyl halides is 1. The fourth-order valence-electron chi connectivity index (χ4n) is 2.59. The summed E-state index contributed by atoms with van der Waals surface area (Å²) in [5, 5.41) is 1.13. The Morgan fingerprint density at radius 2 is 2.06 bits per heavy atom. The minimum atomic E-state index is 0.235. The second-order valence-electron chi connectivity index (χ2n) is 4.94. The normalized spacial score (nSPS) is 26.3. The van der Waals surface area contributed by atoms with Gasteiger partial charge in [0.1, 0.15) is 0 Å². The van der Waals surface area contributed by atoms with Crippen molar-refractivity contribution in [1.82, 2.24) is 4.90 Å². The van der Waals surface area contributed by atoms with Gasteiger partial charge in [-0.2, -0.15) is 0 Å². The van der Waals surface area contributed by atoms with E-state index in [0.717, 1.165) is 50.0 Å². The molecular weight excluding hydrogens is 314 g/mol. The Morgan fingerprint density at radius 3 is 2.67 bits per heavy atom. The zero-order chi connectivity index (χ0) is 12.8. The van der Waals surface area contributed by atoms with Crippen LogP contribution in [0.1, 0.15) is 32.1 Å². The second-order valence-corrected chi connectivity index (χ2v) is 7.04. The lowest BCUT2D eigenvalue weighted by Gasteiger charge is -2.34. The van der Waals surface area contributed by atoms with Gasteiger partial charge in [0.05, 0.1) is 18.0 Å². The summed E-state index contributed by atoms with van der Waals surface area (Å²) < 4.78 is 5.72. The molecule has 104 valence electrons. The van der Waals surface area contributed by atoms with Crippen LogP contribution in [0.5, 0.6) is 0 Å². The van der Waals surface area contributed by atoms with Crippen LogP contribution >= 0.6 is 27.7 Å². The van der Waals surface area contributed by atoms with Gasteiger partial charge in [0.25, 0.3) is 0 Å². The maximum absolute atomic E-state index is 12.3. The number of likely N-dealkylation sites (tertiary alicyclic amines) is 1. The van der Waals surface area contributed by atoms with Gasteiger partial charge >= 0.3 is 0 Å². The summed E-state index contributed by atoms with van der Waals surface area (Å²) in [6, 6.07) is 0. The number of carbonyl (C=O) groups excluding carboxylic acids is 1. The highest BCUT2D eigenvalue weighted by Gasteiger charge is 2.29. The minimum Gasteiger partial charge on any atom is -0.377 e. The molecule has 5 heteroatoms. The van der Waals surface area contributed by atoms with Gasteiger partial charge in [-0.15, -0.1) is 11.8 Å². The van der Waals surface area contributed by atoms with Crippen LogP contribution in [0.25, 0.3) is 0 Å². The monoisotopic (exact) mass is 335 g/mol. The van der Waals surface area contributed by atoms with E-state index in [4.69, 9.17) is 4.74 Å². The van der Waals surface area contributed by atoms with Gasteiger partial charge in [0, 0.05) is 18.4 Å². The maximum Gasteiger partial charge on any atom is 0.235 e. The van der Waals surface area contributed by atoms with Crippen LogP contribution in [0, 0.1) is 0 Å². The summed E-state index contributed by atoms with van der Waals surface area (Å²) in [4.78, 5) is 14.4. The summed E-state index contributed by atoms with van der Waals surface area (Å²) in [6.07, 6.45) is 5.91. The van der Waals surface area contributed by atoms with Gasteiger partial charge in [-0.3, -0.25) is 4.79 Å². The number of rotatable bonds is 4. The van der Waals surface area contributed by atoms with E-state index in [9.17, 15) is 4.79 Å². The highest BCUT2D eigenvalue weighted by atomic mass is 79.9. The minimum absolute atomic E-state index is 0.235. The zero-order valence-electron chi connectivity index (χ0n) is 10.8. The largest absolute Gasteiger partial charge is 0.377 e. The third-order valence-corrected chi connectivity index (χ3v) is 5.33. The molecule has 0 bridgehead atoms. The lowest BCUT2D eigenvalue weighted by Crippen LogP contribution is -2.45. The number of halogens is 1. The molecule has 2 saturated heterocycles. The lowest BCUT2D eigenvalue weighted by molar-refractivity contribution is -0.133. The van der Waals surface area contributed by atoms with E-state index in [2.05, 4.69) is 20.8 Å².